The van der Waals surface area contributed by atoms with Crippen LogP contribution in [0.1, 0.15) is 18.4 Å². The van der Waals surface area contributed by atoms with Crippen LogP contribution >= 0.6 is 0 Å². The summed E-state index contributed by atoms with van der Waals surface area (Å²) >= 11 is 0. The van der Waals surface area contributed by atoms with Crippen molar-refractivity contribution in [2.24, 2.45) is 5.92 Å². The Bertz CT molecular complexity index is 323. The van der Waals surface area contributed by atoms with E-state index in [0.717, 1.165) is 24.8 Å². The van der Waals surface area contributed by atoms with Gasteiger partial charge in [0.15, 0.2) is 6.79 Å². The minimum absolute atomic E-state index is 0.358. The van der Waals surface area contributed by atoms with Crippen LogP contribution in [0, 0.1) is 5.92 Å². The molecule has 0 saturated heterocycles. The maximum absolute atomic E-state index is 5.61. The molecule has 1 fully saturated rings. The number of hydrogen-bond donors (Lipinski definition) is 1. The van der Waals surface area contributed by atoms with Crippen molar-refractivity contribution < 1.29 is 9.47 Å². The lowest BCUT2D eigenvalue weighted by Gasteiger charge is -2.11. The Labute approximate surface area is 96.8 Å². The number of benzene rings is 1. The Morgan fingerprint density at radius 2 is 2.12 bits per heavy atom. The first-order valence-electron chi connectivity index (χ1n) is 5.83. The van der Waals surface area contributed by atoms with Gasteiger partial charge in [0.05, 0.1) is 6.61 Å². The average molecular weight is 221 g/mol. The predicted octanol–water partition coefficient (Wildman–Crippen LogP) is 2.17. The summed E-state index contributed by atoms with van der Waals surface area (Å²) in [5.74, 6) is 1.70. The smallest absolute Gasteiger partial charge is 0.189 e. The van der Waals surface area contributed by atoms with Crippen LogP contribution in [0.2, 0.25) is 0 Å². The van der Waals surface area contributed by atoms with Crippen molar-refractivity contribution in [1.82, 2.24) is 5.32 Å². The molecular weight excluding hydrogens is 202 g/mol. The highest BCUT2D eigenvalue weighted by atomic mass is 16.7. The van der Waals surface area contributed by atoms with E-state index in [-0.39, 0.29) is 0 Å². The zero-order chi connectivity index (χ0) is 11.2. The summed E-state index contributed by atoms with van der Waals surface area (Å²) in [7, 11) is 1.93. The Hall–Kier alpha value is -1.06. The van der Waals surface area contributed by atoms with Crippen molar-refractivity contribution in [2.45, 2.75) is 19.4 Å². The van der Waals surface area contributed by atoms with E-state index in [1.54, 1.807) is 0 Å². The molecule has 0 amide bonds. The zero-order valence-electron chi connectivity index (χ0n) is 9.74. The van der Waals surface area contributed by atoms with Crippen LogP contribution < -0.4 is 10.1 Å². The minimum Gasteiger partial charge on any atom is -0.467 e. The molecule has 0 unspecified atom stereocenters. The summed E-state index contributed by atoms with van der Waals surface area (Å²) < 4.78 is 11.1. The van der Waals surface area contributed by atoms with E-state index >= 15 is 0 Å². The van der Waals surface area contributed by atoms with E-state index in [0.29, 0.717) is 6.79 Å². The van der Waals surface area contributed by atoms with Gasteiger partial charge >= 0.3 is 0 Å². The summed E-state index contributed by atoms with van der Waals surface area (Å²) in [6, 6.07) is 8.04. The molecule has 1 aliphatic carbocycles. The number of rotatable bonds is 7. The van der Waals surface area contributed by atoms with Gasteiger partial charge in [-0.15, -0.1) is 0 Å². The van der Waals surface area contributed by atoms with Crippen LogP contribution in [-0.2, 0) is 11.3 Å². The van der Waals surface area contributed by atoms with Gasteiger partial charge in [0.25, 0.3) is 0 Å². The second-order valence-electron chi connectivity index (χ2n) is 4.21. The maximum atomic E-state index is 5.61. The van der Waals surface area contributed by atoms with Crippen molar-refractivity contribution in [3.05, 3.63) is 29.8 Å². The summed E-state index contributed by atoms with van der Waals surface area (Å²) in [5.41, 5.74) is 1.17. The molecule has 1 aliphatic rings. The third-order valence-electron chi connectivity index (χ3n) is 2.69. The van der Waals surface area contributed by atoms with Crippen molar-refractivity contribution in [1.29, 1.82) is 0 Å². The fourth-order valence-corrected chi connectivity index (χ4v) is 1.59. The Balaban J connectivity index is 1.77. The molecule has 1 aromatic carbocycles. The number of hydrogen-bond acceptors (Lipinski definition) is 3. The van der Waals surface area contributed by atoms with Gasteiger partial charge in [-0.3, -0.25) is 0 Å². The molecule has 2 rings (SSSR count). The highest BCUT2D eigenvalue weighted by Crippen LogP contribution is 2.28. The molecule has 1 N–H and O–H groups in total. The first kappa shape index (κ1) is 11.4. The molecule has 0 radical (unpaired) electrons. The Morgan fingerprint density at radius 3 is 2.88 bits per heavy atom. The lowest BCUT2D eigenvalue weighted by atomic mass is 10.2. The largest absolute Gasteiger partial charge is 0.467 e. The highest BCUT2D eigenvalue weighted by Gasteiger charge is 2.21. The van der Waals surface area contributed by atoms with Crippen LogP contribution in [0.3, 0.4) is 0 Å². The van der Waals surface area contributed by atoms with Crippen LogP contribution in [0.15, 0.2) is 24.3 Å². The SMILES string of the molecule is CNCc1ccccc1OCOCC1CC1. The van der Waals surface area contributed by atoms with Crippen LogP contribution in [-0.4, -0.2) is 20.4 Å². The molecule has 88 valence electrons. The molecule has 0 aromatic heterocycles. The summed E-state index contributed by atoms with van der Waals surface area (Å²) in [6.07, 6.45) is 2.63. The Morgan fingerprint density at radius 1 is 1.31 bits per heavy atom. The number of ether oxygens (including phenoxy) is 2. The standard InChI is InChI=1S/C13H19NO2/c1-14-8-12-4-2-3-5-13(12)16-10-15-9-11-6-7-11/h2-5,11,14H,6-10H2,1H3. The van der Waals surface area contributed by atoms with Gasteiger partial charge in [-0.25, -0.2) is 0 Å². The third kappa shape index (κ3) is 3.51. The van der Waals surface area contributed by atoms with Gasteiger partial charge in [0.2, 0.25) is 0 Å². The van der Waals surface area contributed by atoms with Crippen LogP contribution in [0.4, 0.5) is 0 Å². The topological polar surface area (TPSA) is 30.5 Å². The van der Waals surface area contributed by atoms with Crippen molar-refractivity contribution in [3.8, 4) is 5.75 Å². The van der Waals surface area contributed by atoms with Gasteiger partial charge in [0, 0.05) is 12.1 Å². The van der Waals surface area contributed by atoms with E-state index in [1.807, 2.05) is 25.2 Å². The molecule has 1 saturated carbocycles. The fraction of sp³-hybridized carbons (Fsp3) is 0.538. The lowest BCUT2D eigenvalue weighted by Crippen LogP contribution is -2.10. The second-order valence-corrected chi connectivity index (χ2v) is 4.21. The van der Waals surface area contributed by atoms with Gasteiger partial charge in [0.1, 0.15) is 5.75 Å². The number of nitrogens with one attached hydrogen (secondary N) is 1. The van der Waals surface area contributed by atoms with Gasteiger partial charge in [-0.2, -0.15) is 0 Å². The molecule has 0 aliphatic heterocycles. The molecule has 1 aromatic rings. The van der Waals surface area contributed by atoms with Gasteiger partial charge in [-0.1, -0.05) is 18.2 Å². The molecule has 0 spiro atoms. The number of para-hydroxylation sites is 1. The molecular formula is C13H19NO2. The van der Waals surface area contributed by atoms with Crippen molar-refractivity contribution >= 4 is 0 Å². The summed E-state index contributed by atoms with van der Waals surface area (Å²) in [5, 5.41) is 3.12. The first-order valence-corrected chi connectivity index (χ1v) is 5.83. The second kappa shape index (κ2) is 5.87. The maximum Gasteiger partial charge on any atom is 0.189 e. The normalized spacial score (nSPS) is 15.1. The first-order chi connectivity index (χ1) is 7.90. The van der Waals surface area contributed by atoms with E-state index in [4.69, 9.17) is 9.47 Å². The fourth-order valence-electron chi connectivity index (χ4n) is 1.59. The van der Waals surface area contributed by atoms with Crippen molar-refractivity contribution in [2.75, 3.05) is 20.4 Å². The average Bonchev–Trinajstić information content (AvgIpc) is 3.11. The monoisotopic (exact) mass is 221 g/mol. The van der Waals surface area contributed by atoms with E-state index < -0.39 is 0 Å². The predicted molar refractivity (Wildman–Crippen MR) is 63.4 cm³/mol. The van der Waals surface area contributed by atoms with E-state index in [9.17, 15) is 0 Å². The van der Waals surface area contributed by atoms with Crippen LogP contribution in [0.5, 0.6) is 5.75 Å². The van der Waals surface area contributed by atoms with E-state index in [1.165, 1.54) is 18.4 Å². The van der Waals surface area contributed by atoms with Crippen LogP contribution in [0.25, 0.3) is 0 Å². The van der Waals surface area contributed by atoms with Gasteiger partial charge < -0.3 is 14.8 Å². The molecule has 3 nitrogen and oxygen atoms in total. The lowest BCUT2D eigenvalue weighted by molar-refractivity contribution is 0.00943. The Kier molecular flexibility index (Phi) is 4.19. The summed E-state index contributed by atoms with van der Waals surface area (Å²) in [4.78, 5) is 0. The quantitative estimate of drug-likeness (QED) is 0.565. The molecule has 0 bridgehead atoms. The van der Waals surface area contributed by atoms with Crippen molar-refractivity contribution in [3.63, 3.8) is 0 Å². The molecule has 0 atom stereocenters. The van der Waals surface area contributed by atoms with E-state index in [2.05, 4.69) is 11.4 Å². The van der Waals surface area contributed by atoms with Gasteiger partial charge in [-0.05, 0) is 31.9 Å². The third-order valence-corrected chi connectivity index (χ3v) is 2.69. The molecule has 3 heteroatoms. The highest BCUT2D eigenvalue weighted by molar-refractivity contribution is 5.32. The molecule has 0 heterocycles. The molecule has 16 heavy (non-hydrogen) atoms. The zero-order valence-corrected chi connectivity index (χ0v) is 9.74. The minimum atomic E-state index is 0.358. The summed E-state index contributed by atoms with van der Waals surface area (Å²) in [6.45, 7) is 2.02.